The van der Waals surface area contributed by atoms with E-state index in [1.165, 1.54) is 19.2 Å². The molecule has 4 amide bonds. The summed E-state index contributed by atoms with van der Waals surface area (Å²) in [4.78, 5) is 62.0. The zero-order chi connectivity index (χ0) is 40.6. The van der Waals surface area contributed by atoms with Crippen molar-refractivity contribution in [1.82, 2.24) is 31.2 Å². The SMILES string of the molecule is CC(C)C[C@H](NC(=O)[C@H](Cc1cnc[nH]1)NC(=O)[C@H](Cc1cccc2ccccc12)NC(=O)OCc1ccccc1)[C@@H](O)CC(=O)NCC12CCCC(C1)C2(C)C. The third-order valence-electron chi connectivity index (χ3n) is 12.5. The van der Waals surface area contributed by atoms with Gasteiger partial charge in [0.15, 0.2) is 0 Å². The largest absolute Gasteiger partial charge is 0.445 e. The molecule has 3 aromatic carbocycles. The molecule has 1 aromatic heterocycles. The van der Waals surface area contributed by atoms with Gasteiger partial charge in [0.05, 0.1) is 24.9 Å². The number of fused-ring (bicyclic) bond motifs is 3. The van der Waals surface area contributed by atoms with Gasteiger partial charge in [0, 0.05) is 31.3 Å². The van der Waals surface area contributed by atoms with E-state index in [-0.39, 0.29) is 48.5 Å². The molecule has 3 aliphatic rings. The second-order valence-corrected chi connectivity index (χ2v) is 17.0. The molecule has 0 radical (unpaired) electrons. The average Bonchev–Trinajstić information content (AvgIpc) is 3.72. The molecule has 3 aliphatic carbocycles. The third-order valence-corrected chi connectivity index (χ3v) is 12.5. The number of aromatic amines is 1. The Kier molecular flexibility index (Phi) is 13.3. The second-order valence-electron chi connectivity index (χ2n) is 17.0. The number of amides is 4. The molecule has 2 bridgehead atoms. The van der Waals surface area contributed by atoms with Crippen molar-refractivity contribution in [2.45, 2.75) is 110 Å². The number of carbonyl (C=O) groups excluding carboxylic acids is 4. The van der Waals surface area contributed by atoms with Gasteiger partial charge in [0.2, 0.25) is 17.7 Å². The van der Waals surface area contributed by atoms with Crippen LogP contribution in [0.5, 0.6) is 0 Å². The maximum absolute atomic E-state index is 14.3. The van der Waals surface area contributed by atoms with Crippen molar-refractivity contribution in [1.29, 1.82) is 0 Å². The quantitative estimate of drug-likeness (QED) is 0.0747. The Bertz CT molecular complexity index is 1980. The fourth-order valence-electron chi connectivity index (χ4n) is 8.93. The van der Waals surface area contributed by atoms with Gasteiger partial charge in [0.1, 0.15) is 18.7 Å². The van der Waals surface area contributed by atoms with Crippen LogP contribution < -0.4 is 21.3 Å². The predicted octanol–water partition coefficient (Wildman–Crippen LogP) is 5.74. The lowest BCUT2D eigenvalue weighted by molar-refractivity contribution is -0.161. The van der Waals surface area contributed by atoms with E-state index in [1.807, 2.05) is 86.6 Å². The van der Waals surface area contributed by atoms with Gasteiger partial charge >= 0.3 is 6.09 Å². The zero-order valence-corrected chi connectivity index (χ0v) is 33.6. The number of nitrogens with zero attached hydrogens (tertiary/aromatic N) is 1. The molecular formula is C45H58N6O6. The fourth-order valence-corrected chi connectivity index (χ4v) is 8.93. The minimum atomic E-state index is -1.16. The molecule has 6 N–H and O–H groups in total. The number of benzene rings is 3. The molecule has 3 fully saturated rings. The Morgan fingerprint density at radius 2 is 1.63 bits per heavy atom. The van der Waals surface area contributed by atoms with Crippen LogP contribution in [0.2, 0.25) is 0 Å². The number of aliphatic hydroxyl groups is 1. The minimum Gasteiger partial charge on any atom is -0.445 e. The van der Waals surface area contributed by atoms with Crippen molar-refractivity contribution in [3.63, 3.8) is 0 Å². The Morgan fingerprint density at radius 3 is 2.35 bits per heavy atom. The van der Waals surface area contributed by atoms with Crippen molar-refractivity contribution < 1.29 is 29.0 Å². The van der Waals surface area contributed by atoms with Crippen molar-refractivity contribution in [3.8, 4) is 0 Å². The topological polar surface area (TPSA) is 175 Å². The molecule has 57 heavy (non-hydrogen) atoms. The summed E-state index contributed by atoms with van der Waals surface area (Å²) >= 11 is 0. The van der Waals surface area contributed by atoms with Gasteiger partial charge in [-0.2, -0.15) is 0 Å². The lowest BCUT2D eigenvalue weighted by Crippen LogP contribution is -2.62. The van der Waals surface area contributed by atoms with Crippen molar-refractivity contribution >= 4 is 34.6 Å². The van der Waals surface area contributed by atoms with E-state index in [2.05, 4.69) is 45.1 Å². The lowest BCUT2D eigenvalue weighted by atomic mass is 9.40. The summed E-state index contributed by atoms with van der Waals surface area (Å²) in [7, 11) is 0. The molecule has 0 aliphatic heterocycles. The van der Waals surface area contributed by atoms with Gasteiger partial charge < -0.3 is 36.1 Å². The van der Waals surface area contributed by atoms with E-state index < -0.39 is 42.1 Å². The van der Waals surface area contributed by atoms with Crippen molar-refractivity contribution in [3.05, 3.63) is 102 Å². The molecule has 4 aromatic rings. The number of alkyl carbamates (subject to hydrolysis) is 1. The maximum atomic E-state index is 14.3. The second kappa shape index (κ2) is 18.4. The first-order chi connectivity index (χ1) is 27.3. The van der Waals surface area contributed by atoms with Crippen molar-refractivity contribution in [2.75, 3.05) is 6.54 Å². The van der Waals surface area contributed by atoms with Crippen LogP contribution in [-0.2, 0) is 38.6 Å². The molecule has 12 heteroatoms. The number of hydrogen-bond acceptors (Lipinski definition) is 7. The normalized spacial score (nSPS) is 20.4. The van der Waals surface area contributed by atoms with E-state index in [0.717, 1.165) is 34.7 Å². The summed E-state index contributed by atoms with van der Waals surface area (Å²) in [5.41, 5.74) is 2.47. The van der Waals surface area contributed by atoms with Gasteiger partial charge in [-0.3, -0.25) is 14.4 Å². The number of carbonyl (C=O) groups is 4. The first-order valence-corrected chi connectivity index (χ1v) is 20.3. The standard InChI is InChI=1S/C45H58N6O6/c1-29(2)20-36(39(52)23-40(53)47-27-45-19-11-17-33(24-45)44(45,3)4)49-42(55)38(22-34-25-46-28-48-34)50-41(54)37(51-43(56)57-26-30-12-6-5-7-13-30)21-32-16-10-15-31-14-8-9-18-35(31)32/h5-10,12-16,18,25,28-29,33,36-39,52H,11,17,19-24,26-27H2,1-4H3,(H,46,48)(H,47,53)(H,49,55)(H,50,54)(H,51,56)/t33?,36-,37-,38-,39-,45?/m0/s1. The van der Waals surface area contributed by atoms with Crippen LogP contribution in [0.3, 0.4) is 0 Å². The maximum Gasteiger partial charge on any atom is 0.408 e. The monoisotopic (exact) mass is 778 g/mol. The molecule has 3 saturated carbocycles. The number of hydrogen-bond donors (Lipinski definition) is 6. The minimum absolute atomic E-state index is 0.0110. The summed E-state index contributed by atoms with van der Waals surface area (Å²) in [6.45, 7) is 9.15. The first kappa shape index (κ1) is 41.4. The number of imidazole rings is 1. The van der Waals surface area contributed by atoms with Crippen molar-refractivity contribution in [2.24, 2.45) is 22.7 Å². The van der Waals surface area contributed by atoms with Crippen LogP contribution in [0, 0.1) is 22.7 Å². The van der Waals surface area contributed by atoms with E-state index in [0.29, 0.717) is 24.6 Å². The Labute approximate surface area is 335 Å². The number of aromatic nitrogens is 2. The van der Waals surface area contributed by atoms with Crippen LogP contribution in [0.4, 0.5) is 4.79 Å². The summed E-state index contributed by atoms with van der Waals surface area (Å²) < 4.78 is 5.51. The highest BCUT2D eigenvalue weighted by atomic mass is 16.5. The highest BCUT2D eigenvalue weighted by molar-refractivity contribution is 5.93. The predicted molar refractivity (Wildman–Crippen MR) is 219 cm³/mol. The number of ether oxygens (including phenoxy) is 1. The molecule has 7 rings (SSSR count). The molecule has 12 nitrogen and oxygen atoms in total. The van der Waals surface area contributed by atoms with Gasteiger partial charge in [0.25, 0.3) is 0 Å². The molecule has 1 heterocycles. The molecule has 6 atom stereocenters. The molecule has 2 unspecified atom stereocenters. The molecule has 0 saturated heterocycles. The summed E-state index contributed by atoms with van der Waals surface area (Å²) in [6, 6.07) is 19.8. The Morgan fingerprint density at radius 1 is 0.912 bits per heavy atom. The summed E-state index contributed by atoms with van der Waals surface area (Å²) in [6.07, 6.45) is 6.14. The number of H-pyrrole nitrogens is 1. The van der Waals surface area contributed by atoms with Gasteiger partial charge in [-0.1, -0.05) is 107 Å². The van der Waals surface area contributed by atoms with E-state index in [9.17, 15) is 24.3 Å². The van der Waals surface area contributed by atoms with Crippen LogP contribution in [0.15, 0.2) is 85.3 Å². The third kappa shape index (κ3) is 10.2. The first-order valence-electron chi connectivity index (χ1n) is 20.3. The van der Waals surface area contributed by atoms with Gasteiger partial charge in [-0.05, 0) is 70.2 Å². The summed E-state index contributed by atoms with van der Waals surface area (Å²) in [5, 5.41) is 25.1. The number of aliphatic hydroxyl groups excluding tert-OH is 1. The van der Waals surface area contributed by atoms with Gasteiger partial charge in [-0.25, -0.2) is 9.78 Å². The smallest absolute Gasteiger partial charge is 0.408 e. The van der Waals surface area contributed by atoms with E-state index in [4.69, 9.17) is 4.74 Å². The van der Waals surface area contributed by atoms with E-state index >= 15 is 0 Å². The van der Waals surface area contributed by atoms with Crippen LogP contribution in [0.25, 0.3) is 10.8 Å². The molecular weight excluding hydrogens is 721 g/mol. The highest BCUT2D eigenvalue weighted by Gasteiger charge is 2.61. The van der Waals surface area contributed by atoms with Crippen LogP contribution >= 0.6 is 0 Å². The highest BCUT2D eigenvalue weighted by Crippen LogP contribution is 2.67. The van der Waals surface area contributed by atoms with Gasteiger partial charge in [-0.15, -0.1) is 0 Å². The van der Waals surface area contributed by atoms with E-state index in [1.54, 1.807) is 6.20 Å². The number of rotatable bonds is 18. The zero-order valence-electron chi connectivity index (χ0n) is 33.6. The van der Waals surface area contributed by atoms with Crippen LogP contribution in [-0.4, -0.2) is 69.7 Å². The lowest BCUT2D eigenvalue weighted by Gasteiger charge is -2.66. The molecule has 304 valence electrons. The average molecular weight is 779 g/mol. The molecule has 0 spiro atoms. The summed E-state index contributed by atoms with van der Waals surface area (Å²) in [5.74, 6) is -0.621. The van der Waals surface area contributed by atoms with Crippen LogP contribution in [0.1, 0.15) is 83.0 Å². The fraction of sp³-hybridized carbons (Fsp3) is 0.489. The number of nitrogens with one attached hydrogen (secondary N) is 5. The Balaban J connectivity index is 1.16. The Hall–Kier alpha value is -5.23.